The van der Waals surface area contributed by atoms with E-state index in [0.29, 0.717) is 12.2 Å². The number of hydrogen-bond donors (Lipinski definition) is 1. The van der Waals surface area contributed by atoms with Crippen LogP contribution in [0.2, 0.25) is 0 Å². The van der Waals surface area contributed by atoms with E-state index in [1.165, 1.54) is 19.2 Å². The molecule has 4 rings (SSSR count). The number of rotatable bonds is 7. The fourth-order valence-electron chi connectivity index (χ4n) is 4.44. The number of nitrogens with one attached hydrogen (secondary N) is 1. The number of amides is 1. The van der Waals surface area contributed by atoms with Gasteiger partial charge in [0.1, 0.15) is 29.5 Å². The molecule has 0 saturated carbocycles. The Morgan fingerprint density at radius 3 is 2.56 bits per heavy atom. The SMILES string of the molecule is C=CCc1ccccc1OCc1c(-c2ccc(F)cc2OC)ccc2c1N(C)C(=O)C(C)(C)N2. The number of nitrogens with zero attached hydrogens (tertiary/aromatic N) is 1. The fraction of sp³-hybridized carbons (Fsp3) is 0.250. The number of benzene rings is 3. The van der Waals surface area contributed by atoms with Gasteiger partial charge in [-0.2, -0.15) is 0 Å². The first-order chi connectivity index (χ1) is 16.3. The standard InChI is InChI=1S/C28H29FN2O3/c1-6-9-18-10-7-8-11-24(18)34-17-22-20(21-13-12-19(29)16-25(21)33-5)14-15-23-26(22)31(4)27(32)28(2,3)30-23/h6-8,10-16,30H,1,9,17H2,2-5H3. The molecule has 0 spiro atoms. The van der Waals surface area contributed by atoms with Gasteiger partial charge in [-0.05, 0) is 55.7 Å². The molecule has 1 aliphatic rings. The molecule has 1 heterocycles. The molecule has 0 saturated heterocycles. The molecule has 5 nitrogen and oxygen atoms in total. The van der Waals surface area contributed by atoms with Gasteiger partial charge in [-0.15, -0.1) is 6.58 Å². The van der Waals surface area contributed by atoms with E-state index in [0.717, 1.165) is 39.4 Å². The van der Waals surface area contributed by atoms with Gasteiger partial charge in [0.05, 0.1) is 18.5 Å². The summed E-state index contributed by atoms with van der Waals surface area (Å²) in [6.45, 7) is 7.74. The van der Waals surface area contributed by atoms with E-state index in [9.17, 15) is 9.18 Å². The van der Waals surface area contributed by atoms with Crippen LogP contribution in [0, 0.1) is 5.82 Å². The van der Waals surface area contributed by atoms with Gasteiger partial charge in [-0.1, -0.05) is 30.3 Å². The second-order valence-corrected chi connectivity index (χ2v) is 8.84. The minimum atomic E-state index is -0.745. The highest BCUT2D eigenvalue weighted by atomic mass is 19.1. The minimum absolute atomic E-state index is 0.0588. The summed E-state index contributed by atoms with van der Waals surface area (Å²) in [5.74, 6) is 0.711. The number of methoxy groups -OCH3 is 1. The van der Waals surface area contributed by atoms with E-state index in [4.69, 9.17) is 9.47 Å². The molecule has 0 bridgehead atoms. The molecule has 0 aromatic heterocycles. The fourth-order valence-corrected chi connectivity index (χ4v) is 4.44. The van der Waals surface area contributed by atoms with Gasteiger partial charge in [-0.25, -0.2) is 4.39 Å². The molecule has 3 aromatic carbocycles. The first kappa shape index (κ1) is 23.4. The van der Waals surface area contributed by atoms with E-state index in [1.54, 1.807) is 18.0 Å². The summed E-state index contributed by atoms with van der Waals surface area (Å²) in [5.41, 5.74) is 4.16. The summed E-state index contributed by atoms with van der Waals surface area (Å²) in [5, 5.41) is 3.35. The number of ether oxygens (including phenoxy) is 2. The van der Waals surface area contributed by atoms with Crippen molar-refractivity contribution in [2.75, 3.05) is 24.4 Å². The van der Waals surface area contributed by atoms with Crippen LogP contribution in [-0.4, -0.2) is 25.6 Å². The quantitative estimate of drug-likeness (QED) is 0.441. The third-order valence-corrected chi connectivity index (χ3v) is 6.07. The Hall–Kier alpha value is -3.80. The Labute approximate surface area is 199 Å². The molecular formula is C28H29FN2O3. The first-order valence-electron chi connectivity index (χ1n) is 11.1. The molecular weight excluding hydrogens is 431 g/mol. The number of carbonyl (C=O) groups is 1. The molecule has 1 aliphatic heterocycles. The van der Waals surface area contributed by atoms with Gasteiger partial charge in [0.2, 0.25) is 0 Å². The van der Waals surface area contributed by atoms with Crippen LogP contribution in [0.25, 0.3) is 11.1 Å². The highest BCUT2D eigenvalue weighted by molar-refractivity contribution is 6.08. The molecule has 1 amide bonds. The normalized spacial score (nSPS) is 14.3. The van der Waals surface area contributed by atoms with Gasteiger partial charge in [0.15, 0.2) is 0 Å². The lowest BCUT2D eigenvalue weighted by atomic mass is 9.92. The van der Waals surface area contributed by atoms with Gasteiger partial charge in [0, 0.05) is 24.2 Å². The van der Waals surface area contributed by atoms with E-state index < -0.39 is 5.54 Å². The molecule has 6 heteroatoms. The molecule has 176 valence electrons. The van der Waals surface area contributed by atoms with Crippen LogP contribution in [0.3, 0.4) is 0 Å². The van der Waals surface area contributed by atoms with E-state index in [-0.39, 0.29) is 18.3 Å². The number of allylic oxidation sites excluding steroid dienone is 1. The third-order valence-electron chi connectivity index (χ3n) is 6.07. The maximum Gasteiger partial charge on any atom is 0.251 e. The second-order valence-electron chi connectivity index (χ2n) is 8.84. The Kier molecular flexibility index (Phi) is 6.33. The zero-order valence-electron chi connectivity index (χ0n) is 19.9. The van der Waals surface area contributed by atoms with Crippen molar-refractivity contribution in [1.29, 1.82) is 0 Å². The molecule has 1 N–H and O–H groups in total. The largest absolute Gasteiger partial charge is 0.496 e. The third kappa shape index (κ3) is 4.23. The van der Waals surface area contributed by atoms with Crippen LogP contribution in [0.4, 0.5) is 15.8 Å². The molecule has 34 heavy (non-hydrogen) atoms. The number of likely N-dealkylation sites (N-methyl/N-ethyl adjacent to an activating group) is 1. The van der Waals surface area contributed by atoms with E-state index >= 15 is 0 Å². The lowest BCUT2D eigenvalue weighted by Gasteiger charge is -2.39. The summed E-state index contributed by atoms with van der Waals surface area (Å²) in [7, 11) is 3.28. The number of hydrogen-bond acceptors (Lipinski definition) is 4. The summed E-state index contributed by atoms with van der Waals surface area (Å²) in [6, 6.07) is 16.1. The summed E-state index contributed by atoms with van der Waals surface area (Å²) < 4.78 is 25.7. The van der Waals surface area contributed by atoms with Crippen molar-refractivity contribution in [3.8, 4) is 22.6 Å². The molecule has 0 atom stereocenters. The van der Waals surface area contributed by atoms with E-state index in [1.807, 2.05) is 56.3 Å². The number of carbonyl (C=O) groups excluding carboxylic acids is 1. The van der Waals surface area contributed by atoms with Crippen LogP contribution in [0.5, 0.6) is 11.5 Å². The second kappa shape index (κ2) is 9.21. The molecule has 0 radical (unpaired) electrons. The molecule has 0 unspecified atom stereocenters. The number of anilines is 2. The lowest BCUT2D eigenvalue weighted by Crippen LogP contribution is -2.52. The summed E-state index contributed by atoms with van der Waals surface area (Å²) >= 11 is 0. The van der Waals surface area contributed by atoms with Gasteiger partial charge in [-0.3, -0.25) is 4.79 Å². The molecule has 0 aliphatic carbocycles. The highest BCUT2D eigenvalue weighted by Gasteiger charge is 2.38. The van der Waals surface area contributed by atoms with Crippen LogP contribution >= 0.6 is 0 Å². The Balaban J connectivity index is 1.87. The predicted octanol–water partition coefficient (Wildman–Crippen LogP) is 5.98. The topological polar surface area (TPSA) is 50.8 Å². The first-order valence-corrected chi connectivity index (χ1v) is 11.1. The minimum Gasteiger partial charge on any atom is -0.496 e. The van der Waals surface area contributed by atoms with Crippen LogP contribution < -0.4 is 19.7 Å². The zero-order valence-corrected chi connectivity index (χ0v) is 19.9. The molecule has 3 aromatic rings. The Morgan fingerprint density at radius 2 is 1.82 bits per heavy atom. The van der Waals surface area contributed by atoms with Crippen molar-refractivity contribution in [1.82, 2.24) is 0 Å². The van der Waals surface area contributed by atoms with Crippen molar-refractivity contribution < 1.29 is 18.7 Å². The zero-order chi connectivity index (χ0) is 24.5. The van der Waals surface area contributed by atoms with Crippen molar-refractivity contribution in [2.24, 2.45) is 0 Å². The van der Waals surface area contributed by atoms with Crippen LogP contribution in [0.1, 0.15) is 25.0 Å². The smallest absolute Gasteiger partial charge is 0.251 e. The number of para-hydroxylation sites is 1. The number of halogens is 1. The van der Waals surface area contributed by atoms with E-state index in [2.05, 4.69) is 11.9 Å². The maximum atomic E-state index is 13.9. The van der Waals surface area contributed by atoms with Crippen LogP contribution in [0.15, 0.2) is 67.3 Å². The van der Waals surface area contributed by atoms with Gasteiger partial charge >= 0.3 is 0 Å². The van der Waals surface area contributed by atoms with Crippen molar-refractivity contribution >= 4 is 17.3 Å². The van der Waals surface area contributed by atoms with Gasteiger partial charge in [0.25, 0.3) is 5.91 Å². The lowest BCUT2D eigenvalue weighted by molar-refractivity contribution is -0.121. The number of fused-ring (bicyclic) bond motifs is 1. The van der Waals surface area contributed by atoms with Crippen molar-refractivity contribution in [3.05, 3.63) is 84.2 Å². The average molecular weight is 461 g/mol. The van der Waals surface area contributed by atoms with Crippen molar-refractivity contribution in [2.45, 2.75) is 32.4 Å². The van der Waals surface area contributed by atoms with Crippen molar-refractivity contribution in [3.63, 3.8) is 0 Å². The monoisotopic (exact) mass is 460 g/mol. The average Bonchev–Trinajstić information content (AvgIpc) is 2.82. The highest BCUT2D eigenvalue weighted by Crippen LogP contribution is 2.44. The predicted molar refractivity (Wildman–Crippen MR) is 134 cm³/mol. The van der Waals surface area contributed by atoms with Crippen LogP contribution in [-0.2, 0) is 17.8 Å². The Bertz CT molecular complexity index is 1250. The maximum absolute atomic E-state index is 13.9. The molecule has 0 fully saturated rings. The summed E-state index contributed by atoms with van der Waals surface area (Å²) in [4.78, 5) is 14.8. The Morgan fingerprint density at radius 1 is 1.09 bits per heavy atom. The summed E-state index contributed by atoms with van der Waals surface area (Å²) in [6.07, 6.45) is 2.51. The van der Waals surface area contributed by atoms with Gasteiger partial charge < -0.3 is 19.7 Å².